The van der Waals surface area contributed by atoms with Crippen molar-refractivity contribution in [3.63, 3.8) is 0 Å². The maximum Gasteiger partial charge on any atom is 0.133 e. The monoisotopic (exact) mass is 361 g/mol. The van der Waals surface area contributed by atoms with Crippen LogP contribution >= 0.6 is 12.4 Å². The molecule has 25 heavy (non-hydrogen) atoms. The second-order valence-electron chi connectivity index (χ2n) is 8.67. The Morgan fingerprint density at radius 2 is 2.08 bits per heavy atom. The lowest BCUT2D eigenvalue weighted by atomic mass is 9.52. The number of carbonyl (C=O) groups excluding carboxylic acids is 1. The van der Waals surface area contributed by atoms with E-state index in [1.165, 1.54) is 36.9 Å². The van der Waals surface area contributed by atoms with Crippen molar-refractivity contribution >= 4 is 18.2 Å². The third-order valence-corrected chi connectivity index (χ3v) is 7.51. The van der Waals surface area contributed by atoms with Gasteiger partial charge in [0.25, 0.3) is 0 Å². The molecule has 0 amide bonds. The number of carbonyl (C=O) groups is 1. The molecule has 0 aromatic heterocycles. The van der Waals surface area contributed by atoms with Gasteiger partial charge >= 0.3 is 0 Å². The number of nitrogens with zero attached hydrogens (tertiary/aromatic N) is 1. The number of aromatic hydroxyl groups is 1. The van der Waals surface area contributed by atoms with E-state index in [0.29, 0.717) is 29.9 Å². The Balaban J connectivity index is 0.00000157. The quantitative estimate of drug-likeness (QED) is 0.869. The highest BCUT2D eigenvalue weighted by molar-refractivity contribution is 5.85. The number of halogens is 1. The molecule has 4 heteroatoms. The van der Waals surface area contributed by atoms with Crippen molar-refractivity contribution in [2.45, 2.75) is 62.8 Å². The summed E-state index contributed by atoms with van der Waals surface area (Å²) in [7, 11) is 0. The molecular weight excluding hydrogens is 334 g/mol. The molecule has 3 aliphatic carbocycles. The van der Waals surface area contributed by atoms with Gasteiger partial charge in [0.15, 0.2) is 0 Å². The van der Waals surface area contributed by atoms with Crippen molar-refractivity contribution in [1.29, 1.82) is 0 Å². The van der Waals surface area contributed by atoms with Crippen molar-refractivity contribution < 1.29 is 9.90 Å². The first-order chi connectivity index (χ1) is 11.7. The van der Waals surface area contributed by atoms with E-state index in [0.717, 1.165) is 38.1 Å². The molecule has 1 aromatic carbocycles. The molecule has 1 aliphatic heterocycles. The number of piperidine rings is 1. The van der Waals surface area contributed by atoms with E-state index < -0.39 is 0 Å². The fourth-order valence-corrected chi connectivity index (χ4v) is 6.13. The van der Waals surface area contributed by atoms with Crippen LogP contribution < -0.4 is 0 Å². The molecule has 0 unspecified atom stereocenters. The van der Waals surface area contributed by atoms with Crippen LogP contribution in [-0.2, 0) is 16.6 Å². The Kier molecular flexibility index (Phi) is 4.36. The molecule has 4 aliphatic rings. The molecule has 1 saturated heterocycles. The highest BCUT2D eigenvalue weighted by Gasteiger charge is 2.55. The number of likely N-dealkylation sites (tertiary alicyclic amines) is 1. The first kappa shape index (κ1) is 17.4. The number of fused-ring (bicyclic) bond motifs is 1. The lowest BCUT2D eigenvalue weighted by molar-refractivity contribution is -0.127. The van der Waals surface area contributed by atoms with Crippen LogP contribution in [0.25, 0.3) is 0 Å². The van der Waals surface area contributed by atoms with Crippen molar-refractivity contribution in [3.05, 3.63) is 29.3 Å². The molecular formula is C21H28ClNO2. The van der Waals surface area contributed by atoms with E-state index >= 15 is 0 Å². The van der Waals surface area contributed by atoms with Crippen LogP contribution in [0.1, 0.15) is 56.1 Å². The Labute approximate surface area is 156 Å². The largest absolute Gasteiger partial charge is 0.508 e. The van der Waals surface area contributed by atoms with Crippen LogP contribution in [0.2, 0.25) is 0 Å². The molecule has 5 rings (SSSR count). The summed E-state index contributed by atoms with van der Waals surface area (Å²) in [6.45, 7) is 2.39. The SMILES string of the molecule is Cl.O=C1CC[C@H]2[C@H]3Cc4ccc(O)cc4[C@@]2(CCN3CC2CCC2)C1. The first-order valence-electron chi connectivity index (χ1n) is 9.74. The topological polar surface area (TPSA) is 40.5 Å². The van der Waals surface area contributed by atoms with Gasteiger partial charge in [-0.2, -0.15) is 0 Å². The summed E-state index contributed by atoms with van der Waals surface area (Å²) in [5.41, 5.74) is 2.67. The van der Waals surface area contributed by atoms with Crippen molar-refractivity contribution in [2.24, 2.45) is 11.8 Å². The molecule has 0 spiro atoms. The van der Waals surface area contributed by atoms with E-state index in [9.17, 15) is 9.90 Å². The predicted octanol–water partition coefficient (Wildman–Crippen LogP) is 3.85. The minimum absolute atomic E-state index is 0. The van der Waals surface area contributed by atoms with Crippen molar-refractivity contribution in [1.82, 2.24) is 4.90 Å². The third-order valence-electron chi connectivity index (χ3n) is 7.51. The number of rotatable bonds is 2. The van der Waals surface area contributed by atoms with E-state index in [1.807, 2.05) is 12.1 Å². The third kappa shape index (κ3) is 2.62. The Morgan fingerprint density at radius 3 is 2.84 bits per heavy atom. The average molecular weight is 362 g/mol. The Bertz CT molecular complexity index is 686. The lowest BCUT2D eigenvalue weighted by Crippen LogP contribution is -2.62. The van der Waals surface area contributed by atoms with E-state index in [4.69, 9.17) is 0 Å². The molecule has 3 fully saturated rings. The molecule has 3 atom stereocenters. The second-order valence-corrected chi connectivity index (χ2v) is 8.67. The number of hydrogen-bond donors (Lipinski definition) is 1. The summed E-state index contributed by atoms with van der Waals surface area (Å²) >= 11 is 0. The van der Waals surface area contributed by atoms with Gasteiger partial charge < -0.3 is 5.11 Å². The summed E-state index contributed by atoms with van der Waals surface area (Å²) < 4.78 is 0. The molecule has 3 nitrogen and oxygen atoms in total. The van der Waals surface area contributed by atoms with Gasteiger partial charge in [0.05, 0.1) is 0 Å². The summed E-state index contributed by atoms with van der Waals surface area (Å²) in [6, 6.07) is 6.51. The van der Waals surface area contributed by atoms with Gasteiger partial charge in [-0.1, -0.05) is 12.5 Å². The Morgan fingerprint density at radius 1 is 1.24 bits per heavy atom. The molecule has 2 bridgehead atoms. The van der Waals surface area contributed by atoms with Crippen LogP contribution in [0.5, 0.6) is 5.75 Å². The number of ketones is 1. The van der Waals surface area contributed by atoms with E-state index in [-0.39, 0.29) is 17.8 Å². The van der Waals surface area contributed by atoms with Crippen LogP contribution in [0.4, 0.5) is 0 Å². The fraction of sp³-hybridized carbons (Fsp3) is 0.667. The highest BCUT2D eigenvalue weighted by Crippen LogP contribution is 2.55. The summed E-state index contributed by atoms with van der Waals surface area (Å²) in [4.78, 5) is 15.1. The lowest BCUT2D eigenvalue weighted by Gasteiger charge is -2.59. The van der Waals surface area contributed by atoms with Gasteiger partial charge in [0.1, 0.15) is 11.5 Å². The van der Waals surface area contributed by atoms with Crippen LogP contribution in [0.3, 0.4) is 0 Å². The van der Waals surface area contributed by atoms with Crippen LogP contribution in [0, 0.1) is 11.8 Å². The zero-order valence-corrected chi connectivity index (χ0v) is 15.6. The smallest absolute Gasteiger partial charge is 0.133 e. The molecule has 1 heterocycles. The number of phenols is 1. The zero-order valence-electron chi connectivity index (χ0n) is 14.7. The summed E-state index contributed by atoms with van der Waals surface area (Å²) in [6.07, 6.45) is 8.90. The van der Waals surface area contributed by atoms with Gasteiger partial charge in [-0.05, 0) is 73.7 Å². The van der Waals surface area contributed by atoms with Gasteiger partial charge in [-0.3, -0.25) is 9.69 Å². The number of hydrogen-bond acceptors (Lipinski definition) is 3. The number of Topliss-reactive ketones (excluding diaryl/α,β-unsaturated/α-hetero) is 1. The standard InChI is InChI=1S/C21H27NO2.ClH/c23-16-5-4-15-10-20-18-7-6-17(24)12-21(18,19(15)11-16)8-9-22(20)13-14-2-1-3-14;/h4-5,11,14,18,20,23H,1-3,6-10,12-13H2;1H/t18-,20+,21-;/m0./s1. The predicted molar refractivity (Wildman–Crippen MR) is 100 cm³/mol. The zero-order chi connectivity index (χ0) is 16.3. The first-order valence-corrected chi connectivity index (χ1v) is 9.74. The van der Waals surface area contributed by atoms with E-state index in [2.05, 4.69) is 11.0 Å². The second kappa shape index (κ2) is 6.28. The average Bonchev–Trinajstić information content (AvgIpc) is 2.52. The Hall–Kier alpha value is -1.06. The van der Waals surface area contributed by atoms with Gasteiger partial charge in [-0.15, -0.1) is 12.4 Å². The van der Waals surface area contributed by atoms with Gasteiger partial charge in [0.2, 0.25) is 0 Å². The van der Waals surface area contributed by atoms with E-state index in [1.54, 1.807) is 0 Å². The van der Waals surface area contributed by atoms with Crippen molar-refractivity contribution in [2.75, 3.05) is 13.1 Å². The number of phenolic OH excluding ortho intramolecular Hbond substituents is 1. The van der Waals surface area contributed by atoms with Crippen molar-refractivity contribution in [3.8, 4) is 5.75 Å². The van der Waals surface area contributed by atoms with Crippen LogP contribution in [0.15, 0.2) is 18.2 Å². The molecule has 1 N–H and O–H groups in total. The maximum absolute atomic E-state index is 12.3. The molecule has 0 radical (unpaired) electrons. The van der Waals surface area contributed by atoms with Gasteiger partial charge in [0, 0.05) is 30.8 Å². The number of benzene rings is 1. The van der Waals surface area contributed by atoms with Crippen LogP contribution in [-0.4, -0.2) is 34.9 Å². The fourth-order valence-electron chi connectivity index (χ4n) is 6.13. The normalized spacial score (nSPS) is 34.5. The molecule has 2 saturated carbocycles. The molecule has 1 aromatic rings. The van der Waals surface area contributed by atoms with Gasteiger partial charge in [-0.25, -0.2) is 0 Å². The maximum atomic E-state index is 12.3. The summed E-state index contributed by atoms with van der Waals surface area (Å²) in [5.74, 6) is 2.28. The summed E-state index contributed by atoms with van der Waals surface area (Å²) in [5, 5.41) is 10.1. The minimum atomic E-state index is 0. The minimum Gasteiger partial charge on any atom is -0.508 e. The highest BCUT2D eigenvalue weighted by atomic mass is 35.5. The molecule has 136 valence electrons.